The molecule has 0 aromatic carbocycles. The highest BCUT2D eigenvalue weighted by atomic mass is 16.3. The van der Waals surface area contributed by atoms with Gasteiger partial charge in [0.25, 0.3) is 0 Å². The molecule has 0 saturated heterocycles. The number of hydrogen-bond acceptors (Lipinski definition) is 3. The van der Waals surface area contributed by atoms with Crippen molar-refractivity contribution in [3.63, 3.8) is 0 Å². The molecule has 1 aliphatic carbocycles. The van der Waals surface area contributed by atoms with Crippen molar-refractivity contribution < 1.29 is 5.11 Å². The topological polar surface area (TPSA) is 60.9 Å². The maximum Gasteiger partial charge on any atom is 0.0535 e. The van der Waals surface area contributed by atoms with Gasteiger partial charge in [-0.25, -0.2) is 0 Å². The van der Waals surface area contributed by atoms with Gasteiger partial charge in [0, 0.05) is 35.9 Å². The Balaban J connectivity index is 1.85. The fraction of sp³-hybridized carbons (Fsp3) is 0.800. The largest absolute Gasteiger partial charge is 0.396 e. The van der Waals surface area contributed by atoms with E-state index in [1.54, 1.807) is 0 Å². The Morgan fingerprint density at radius 3 is 2.58 bits per heavy atom. The predicted molar refractivity (Wildman–Crippen MR) is 77.0 cm³/mol. The smallest absolute Gasteiger partial charge is 0.0535 e. The zero-order valence-electron chi connectivity index (χ0n) is 12.4. The van der Waals surface area contributed by atoms with Gasteiger partial charge in [-0.1, -0.05) is 20.8 Å². The summed E-state index contributed by atoms with van der Waals surface area (Å²) >= 11 is 0. The van der Waals surface area contributed by atoms with Crippen LogP contribution in [0, 0.1) is 5.92 Å². The summed E-state index contributed by atoms with van der Waals surface area (Å²) in [4.78, 5) is 0. The van der Waals surface area contributed by atoms with Crippen molar-refractivity contribution in [2.75, 3.05) is 6.61 Å². The van der Waals surface area contributed by atoms with Crippen LogP contribution in [0.1, 0.15) is 57.7 Å². The number of rotatable bonds is 4. The number of nitrogens with one attached hydrogen (secondary N) is 2. The zero-order chi connectivity index (χ0) is 13.9. The van der Waals surface area contributed by atoms with E-state index < -0.39 is 0 Å². The molecule has 19 heavy (non-hydrogen) atoms. The van der Waals surface area contributed by atoms with E-state index in [0.29, 0.717) is 18.6 Å². The second-order valence-electron chi connectivity index (χ2n) is 6.80. The van der Waals surface area contributed by atoms with Gasteiger partial charge in [0.05, 0.1) is 6.20 Å². The maximum absolute atomic E-state index is 9.15. The summed E-state index contributed by atoms with van der Waals surface area (Å²) in [6, 6.07) is 0.588. The second-order valence-corrected chi connectivity index (χ2v) is 6.80. The van der Waals surface area contributed by atoms with Crippen molar-refractivity contribution in [2.45, 2.75) is 64.5 Å². The molecule has 4 heteroatoms. The van der Waals surface area contributed by atoms with Gasteiger partial charge in [0.2, 0.25) is 0 Å². The van der Waals surface area contributed by atoms with Crippen LogP contribution >= 0.6 is 0 Å². The first-order chi connectivity index (χ1) is 9.00. The second kappa shape index (κ2) is 6.06. The van der Waals surface area contributed by atoms with Crippen LogP contribution in [0.25, 0.3) is 0 Å². The molecule has 2 rings (SSSR count). The summed E-state index contributed by atoms with van der Waals surface area (Å²) in [5.74, 6) is 0.525. The van der Waals surface area contributed by atoms with Crippen molar-refractivity contribution in [1.29, 1.82) is 0 Å². The minimum atomic E-state index is 0.113. The number of aliphatic hydroxyl groups excluding tert-OH is 1. The van der Waals surface area contributed by atoms with Crippen LogP contribution in [0.2, 0.25) is 0 Å². The highest BCUT2D eigenvalue weighted by molar-refractivity contribution is 5.23. The summed E-state index contributed by atoms with van der Waals surface area (Å²) in [5, 5.41) is 20.1. The first-order valence-electron chi connectivity index (χ1n) is 7.37. The van der Waals surface area contributed by atoms with Crippen LogP contribution in [0.15, 0.2) is 6.20 Å². The third kappa shape index (κ3) is 3.80. The van der Waals surface area contributed by atoms with Crippen LogP contribution in [0.5, 0.6) is 0 Å². The van der Waals surface area contributed by atoms with Crippen LogP contribution in [-0.4, -0.2) is 28.0 Å². The third-order valence-corrected chi connectivity index (χ3v) is 4.15. The number of aromatic nitrogens is 2. The molecule has 1 fully saturated rings. The molecule has 0 spiro atoms. The Kier molecular flexibility index (Phi) is 4.63. The van der Waals surface area contributed by atoms with Gasteiger partial charge in [-0.2, -0.15) is 5.10 Å². The van der Waals surface area contributed by atoms with E-state index in [9.17, 15) is 0 Å². The third-order valence-electron chi connectivity index (χ3n) is 4.15. The summed E-state index contributed by atoms with van der Waals surface area (Å²) in [6.45, 7) is 7.85. The molecule has 1 aromatic heterocycles. The molecule has 1 saturated carbocycles. The lowest BCUT2D eigenvalue weighted by Crippen LogP contribution is -2.34. The molecule has 0 radical (unpaired) electrons. The average Bonchev–Trinajstić information content (AvgIpc) is 2.85. The van der Waals surface area contributed by atoms with Gasteiger partial charge in [-0.05, 0) is 31.6 Å². The monoisotopic (exact) mass is 265 g/mol. The van der Waals surface area contributed by atoms with Crippen molar-refractivity contribution in [3.05, 3.63) is 17.5 Å². The molecule has 1 heterocycles. The Labute approximate surface area is 116 Å². The first-order valence-corrected chi connectivity index (χ1v) is 7.37. The molecule has 3 N–H and O–H groups in total. The molecular formula is C15H27N3O. The fourth-order valence-corrected chi connectivity index (χ4v) is 2.90. The minimum absolute atomic E-state index is 0.113. The van der Waals surface area contributed by atoms with Crippen LogP contribution < -0.4 is 5.32 Å². The normalized spacial score (nSPS) is 24.6. The van der Waals surface area contributed by atoms with E-state index in [-0.39, 0.29) is 5.41 Å². The lowest BCUT2D eigenvalue weighted by molar-refractivity contribution is 0.175. The van der Waals surface area contributed by atoms with Gasteiger partial charge >= 0.3 is 0 Å². The zero-order valence-corrected chi connectivity index (χ0v) is 12.4. The van der Waals surface area contributed by atoms with Gasteiger partial charge in [0.15, 0.2) is 0 Å². The number of nitrogens with zero attached hydrogens (tertiary/aromatic N) is 1. The van der Waals surface area contributed by atoms with E-state index in [2.05, 4.69) is 36.3 Å². The van der Waals surface area contributed by atoms with Crippen LogP contribution in [0.3, 0.4) is 0 Å². The molecular weight excluding hydrogens is 238 g/mol. The molecule has 0 unspecified atom stereocenters. The standard InChI is InChI=1S/C15H27N3O/c1-15(2,3)14-12(9-17-18-14)8-16-13-6-4-11(10-19)5-7-13/h9,11,13,16,19H,4-8,10H2,1-3H3,(H,17,18). The Bertz CT molecular complexity index is 386. The lowest BCUT2D eigenvalue weighted by atomic mass is 9.86. The highest BCUT2D eigenvalue weighted by Crippen LogP contribution is 2.26. The van der Waals surface area contributed by atoms with Crippen molar-refractivity contribution in [1.82, 2.24) is 15.5 Å². The van der Waals surface area contributed by atoms with Gasteiger partial charge in [-0.15, -0.1) is 0 Å². The molecule has 4 nitrogen and oxygen atoms in total. The number of aliphatic hydroxyl groups is 1. The summed E-state index contributed by atoms with van der Waals surface area (Å²) in [7, 11) is 0. The van der Waals surface area contributed by atoms with Crippen LogP contribution in [0.4, 0.5) is 0 Å². The Hall–Kier alpha value is -0.870. The molecule has 1 aliphatic rings. The molecule has 108 valence electrons. The summed E-state index contributed by atoms with van der Waals surface area (Å²) in [5.41, 5.74) is 2.61. The Morgan fingerprint density at radius 2 is 2.00 bits per heavy atom. The first kappa shape index (κ1) is 14.5. The molecule has 1 aromatic rings. The minimum Gasteiger partial charge on any atom is -0.396 e. The molecule has 0 atom stereocenters. The van der Waals surface area contributed by atoms with E-state index in [1.165, 1.54) is 24.1 Å². The van der Waals surface area contributed by atoms with Crippen molar-refractivity contribution in [3.8, 4) is 0 Å². The molecule has 0 aliphatic heterocycles. The van der Waals surface area contributed by atoms with Crippen molar-refractivity contribution >= 4 is 0 Å². The Morgan fingerprint density at radius 1 is 1.32 bits per heavy atom. The molecule has 0 bridgehead atoms. The van der Waals surface area contributed by atoms with Crippen LogP contribution in [-0.2, 0) is 12.0 Å². The maximum atomic E-state index is 9.15. The number of hydrogen-bond donors (Lipinski definition) is 3. The van der Waals surface area contributed by atoms with E-state index >= 15 is 0 Å². The van der Waals surface area contributed by atoms with Gasteiger partial charge < -0.3 is 10.4 Å². The van der Waals surface area contributed by atoms with Crippen molar-refractivity contribution in [2.24, 2.45) is 5.92 Å². The van der Waals surface area contributed by atoms with E-state index in [0.717, 1.165) is 19.4 Å². The van der Waals surface area contributed by atoms with Gasteiger partial charge in [-0.3, -0.25) is 5.10 Å². The van der Waals surface area contributed by atoms with E-state index in [1.807, 2.05) is 6.20 Å². The van der Waals surface area contributed by atoms with E-state index in [4.69, 9.17) is 5.11 Å². The predicted octanol–water partition coefficient (Wildman–Crippen LogP) is 2.35. The fourth-order valence-electron chi connectivity index (χ4n) is 2.90. The lowest BCUT2D eigenvalue weighted by Gasteiger charge is -2.28. The number of H-pyrrole nitrogens is 1. The van der Waals surface area contributed by atoms with Gasteiger partial charge in [0.1, 0.15) is 0 Å². The average molecular weight is 265 g/mol. The number of aromatic amines is 1. The molecule has 0 amide bonds. The summed E-state index contributed by atoms with van der Waals surface area (Å²) < 4.78 is 0. The highest BCUT2D eigenvalue weighted by Gasteiger charge is 2.22. The quantitative estimate of drug-likeness (QED) is 0.783. The summed E-state index contributed by atoms with van der Waals surface area (Å²) in [6.07, 6.45) is 6.58. The SMILES string of the molecule is CC(C)(C)c1[nH]ncc1CNC1CCC(CO)CC1.